The van der Waals surface area contributed by atoms with Crippen LogP contribution in [0.1, 0.15) is 68.6 Å². The molecule has 1 amide bonds. The summed E-state index contributed by atoms with van der Waals surface area (Å²) < 4.78 is 6.01. The van der Waals surface area contributed by atoms with E-state index in [0.29, 0.717) is 11.8 Å². The van der Waals surface area contributed by atoms with Crippen LogP contribution in [-0.4, -0.2) is 12.0 Å². The fourth-order valence-electron chi connectivity index (χ4n) is 6.87. The van der Waals surface area contributed by atoms with Gasteiger partial charge in [-0.3, -0.25) is 4.79 Å². The predicted octanol–water partition coefficient (Wildman–Crippen LogP) is 6.57. The van der Waals surface area contributed by atoms with Crippen molar-refractivity contribution in [1.82, 2.24) is 0 Å². The summed E-state index contributed by atoms with van der Waals surface area (Å²) in [5.74, 6) is 3.50. The molecule has 4 aliphatic carbocycles. The zero-order valence-corrected chi connectivity index (χ0v) is 19.1. The van der Waals surface area contributed by atoms with E-state index < -0.39 is 6.10 Å². The first kappa shape index (κ1) is 20.6. The number of aryl methyl sites for hydroxylation is 2. The summed E-state index contributed by atoms with van der Waals surface area (Å²) in [4.78, 5) is 12.9. The fourth-order valence-corrected chi connectivity index (χ4v) is 6.87. The van der Waals surface area contributed by atoms with Crippen molar-refractivity contribution in [3.05, 3.63) is 59.2 Å². The van der Waals surface area contributed by atoms with Crippen LogP contribution in [0.15, 0.2) is 42.5 Å². The van der Waals surface area contributed by atoms with Gasteiger partial charge in [0.2, 0.25) is 0 Å². The molecule has 164 valence electrons. The van der Waals surface area contributed by atoms with Gasteiger partial charge in [-0.15, -0.1) is 0 Å². The largest absolute Gasteiger partial charge is 0.481 e. The van der Waals surface area contributed by atoms with Crippen molar-refractivity contribution in [3.63, 3.8) is 0 Å². The summed E-state index contributed by atoms with van der Waals surface area (Å²) in [6.07, 6.45) is 8.63. The number of hydrogen-bond donors (Lipinski definition) is 1. The lowest BCUT2D eigenvalue weighted by atomic mass is 9.48. The van der Waals surface area contributed by atoms with Gasteiger partial charge in [-0.1, -0.05) is 25.1 Å². The van der Waals surface area contributed by atoms with Crippen LogP contribution in [-0.2, 0) is 10.2 Å². The lowest BCUT2D eigenvalue weighted by Crippen LogP contribution is -2.48. The van der Waals surface area contributed by atoms with Crippen LogP contribution in [0.3, 0.4) is 0 Å². The first-order chi connectivity index (χ1) is 14.9. The molecule has 0 aliphatic heterocycles. The third-order valence-electron chi connectivity index (χ3n) is 8.22. The average molecular weight is 418 g/mol. The number of hydrogen-bond acceptors (Lipinski definition) is 2. The number of benzene rings is 2. The zero-order chi connectivity index (χ0) is 21.6. The summed E-state index contributed by atoms with van der Waals surface area (Å²) in [6.45, 7) is 6.13. The standard InChI is InChI=1S/C28H35NO2/c1-4-26(31-25-10-5-18(2)19(3)11-25)27(30)29-24-8-6-23(7-9-24)28-15-20-12-21(16-28)14-22(13-20)17-28/h5-11,20-22,26H,4,12-17H2,1-3H3,(H,29,30)/t20?,21?,22?,26-,28?/m1/s1. The number of rotatable bonds is 6. The summed E-state index contributed by atoms with van der Waals surface area (Å²) in [5.41, 5.74) is 5.15. The Labute approximate surface area is 186 Å². The number of carbonyl (C=O) groups excluding carboxylic acids is 1. The lowest BCUT2D eigenvalue weighted by molar-refractivity contribution is -0.122. The van der Waals surface area contributed by atoms with Gasteiger partial charge in [0, 0.05) is 5.69 Å². The molecule has 0 saturated heterocycles. The highest BCUT2D eigenvalue weighted by Crippen LogP contribution is 2.60. The van der Waals surface area contributed by atoms with Gasteiger partial charge in [0.05, 0.1) is 0 Å². The molecule has 4 aliphatic rings. The maximum absolute atomic E-state index is 12.9. The zero-order valence-electron chi connectivity index (χ0n) is 19.1. The minimum absolute atomic E-state index is 0.0803. The van der Waals surface area contributed by atoms with Gasteiger partial charge in [0.1, 0.15) is 5.75 Å². The van der Waals surface area contributed by atoms with Crippen molar-refractivity contribution in [2.45, 2.75) is 77.2 Å². The monoisotopic (exact) mass is 417 g/mol. The van der Waals surface area contributed by atoms with Crippen molar-refractivity contribution in [3.8, 4) is 5.75 Å². The molecule has 0 spiro atoms. The average Bonchev–Trinajstić information content (AvgIpc) is 2.74. The number of nitrogens with one attached hydrogen (secondary N) is 1. The molecule has 0 aromatic heterocycles. The second-order valence-corrected chi connectivity index (χ2v) is 10.5. The molecule has 3 heteroatoms. The molecular formula is C28H35NO2. The normalized spacial score (nSPS) is 29.6. The Morgan fingerprint density at radius 1 is 0.968 bits per heavy atom. The Kier molecular flexibility index (Phi) is 5.32. The molecule has 4 bridgehead atoms. The molecule has 6 rings (SSSR count). The molecule has 0 unspecified atom stereocenters. The molecule has 4 fully saturated rings. The summed E-state index contributed by atoms with van der Waals surface area (Å²) in [7, 11) is 0. The van der Waals surface area contributed by atoms with E-state index in [9.17, 15) is 4.79 Å². The lowest BCUT2D eigenvalue weighted by Gasteiger charge is -2.57. The molecule has 2 aromatic rings. The molecule has 0 heterocycles. The van der Waals surface area contributed by atoms with E-state index in [1.165, 1.54) is 55.2 Å². The Morgan fingerprint density at radius 2 is 1.58 bits per heavy atom. The Hall–Kier alpha value is -2.29. The molecule has 2 aromatic carbocycles. The minimum Gasteiger partial charge on any atom is -0.481 e. The van der Waals surface area contributed by atoms with Crippen LogP contribution in [0.5, 0.6) is 5.75 Å². The van der Waals surface area contributed by atoms with Gasteiger partial charge in [-0.2, -0.15) is 0 Å². The Morgan fingerprint density at radius 3 is 2.13 bits per heavy atom. The Bertz CT molecular complexity index is 926. The highest BCUT2D eigenvalue weighted by molar-refractivity contribution is 5.94. The van der Waals surface area contributed by atoms with Crippen LogP contribution in [0.2, 0.25) is 0 Å². The molecular weight excluding hydrogens is 382 g/mol. The van der Waals surface area contributed by atoms with Crippen LogP contribution < -0.4 is 10.1 Å². The van der Waals surface area contributed by atoms with Crippen molar-refractivity contribution >= 4 is 11.6 Å². The van der Waals surface area contributed by atoms with E-state index in [1.54, 1.807) is 0 Å². The van der Waals surface area contributed by atoms with E-state index in [-0.39, 0.29) is 5.91 Å². The third-order valence-corrected chi connectivity index (χ3v) is 8.22. The van der Waals surface area contributed by atoms with E-state index >= 15 is 0 Å². The third kappa shape index (κ3) is 4.00. The smallest absolute Gasteiger partial charge is 0.265 e. The van der Waals surface area contributed by atoms with Gasteiger partial charge in [0.15, 0.2) is 6.10 Å². The predicted molar refractivity (Wildman–Crippen MR) is 126 cm³/mol. The van der Waals surface area contributed by atoms with Gasteiger partial charge in [-0.05, 0) is 123 Å². The van der Waals surface area contributed by atoms with Gasteiger partial charge < -0.3 is 10.1 Å². The molecule has 4 saturated carbocycles. The summed E-state index contributed by atoms with van der Waals surface area (Å²) >= 11 is 0. The quantitative estimate of drug-likeness (QED) is 0.577. The fraction of sp³-hybridized carbons (Fsp3) is 0.536. The van der Waals surface area contributed by atoms with E-state index in [0.717, 1.165) is 29.2 Å². The number of amides is 1. The Balaban J connectivity index is 1.26. The first-order valence-corrected chi connectivity index (χ1v) is 12.1. The number of carbonyl (C=O) groups is 1. The number of anilines is 1. The molecule has 0 radical (unpaired) electrons. The van der Waals surface area contributed by atoms with Crippen molar-refractivity contribution in [2.24, 2.45) is 17.8 Å². The second-order valence-electron chi connectivity index (χ2n) is 10.5. The maximum atomic E-state index is 12.9. The molecule has 1 N–H and O–H groups in total. The molecule has 3 nitrogen and oxygen atoms in total. The molecule has 31 heavy (non-hydrogen) atoms. The van der Waals surface area contributed by atoms with Crippen LogP contribution in [0.4, 0.5) is 5.69 Å². The van der Waals surface area contributed by atoms with Gasteiger partial charge in [-0.25, -0.2) is 0 Å². The minimum atomic E-state index is -0.495. The summed E-state index contributed by atoms with van der Waals surface area (Å²) in [6, 6.07) is 14.7. The highest BCUT2D eigenvalue weighted by Gasteiger charge is 2.51. The summed E-state index contributed by atoms with van der Waals surface area (Å²) in [5, 5.41) is 3.08. The van der Waals surface area contributed by atoms with Crippen LogP contribution >= 0.6 is 0 Å². The van der Waals surface area contributed by atoms with E-state index in [2.05, 4.69) is 43.4 Å². The maximum Gasteiger partial charge on any atom is 0.265 e. The SMILES string of the molecule is CC[C@@H](Oc1ccc(C)c(C)c1)C(=O)Nc1ccc(C23CC4CC(CC(C4)C2)C3)cc1. The second kappa shape index (κ2) is 8.00. The van der Waals surface area contributed by atoms with E-state index in [1.807, 2.05) is 25.1 Å². The molecule has 1 atom stereocenters. The van der Waals surface area contributed by atoms with Crippen LogP contribution in [0, 0.1) is 31.6 Å². The highest BCUT2D eigenvalue weighted by atomic mass is 16.5. The van der Waals surface area contributed by atoms with Crippen molar-refractivity contribution < 1.29 is 9.53 Å². The van der Waals surface area contributed by atoms with Gasteiger partial charge in [0.25, 0.3) is 5.91 Å². The van der Waals surface area contributed by atoms with Gasteiger partial charge >= 0.3 is 0 Å². The van der Waals surface area contributed by atoms with Crippen molar-refractivity contribution in [2.75, 3.05) is 5.32 Å². The van der Waals surface area contributed by atoms with Crippen LogP contribution in [0.25, 0.3) is 0 Å². The number of ether oxygens (including phenoxy) is 1. The first-order valence-electron chi connectivity index (χ1n) is 12.1. The van der Waals surface area contributed by atoms with E-state index in [4.69, 9.17) is 4.74 Å². The topological polar surface area (TPSA) is 38.3 Å². The van der Waals surface area contributed by atoms with Crippen molar-refractivity contribution in [1.29, 1.82) is 0 Å².